The van der Waals surface area contributed by atoms with Crippen LogP contribution in [0.15, 0.2) is 59.5 Å². The fourth-order valence-electron chi connectivity index (χ4n) is 1.42. The molecule has 0 radical (unpaired) electrons. The highest BCUT2D eigenvalue weighted by Crippen LogP contribution is 2.13. The number of halogens is 1. The summed E-state index contributed by atoms with van der Waals surface area (Å²) < 4.78 is 24.8. The SMILES string of the molecule is O=S(Cc1ccccc1)c1cccc(F)c1. The van der Waals surface area contributed by atoms with E-state index >= 15 is 0 Å². The first kappa shape index (κ1) is 11.0. The molecule has 0 aliphatic rings. The standard InChI is InChI=1S/C13H11FOS/c14-12-7-4-8-13(9-12)16(15)10-11-5-2-1-3-6-11/h1-9H,10H2. The highest BCUT2D eigenvalue weighted by atomic mass is 32.2. The largest absolute Gasteiger partial charge is 0.254 e. The molecule has 1 unspecified atom stereocenters. The second-order valence-electron chi connectivity index (χ2n) is 3.43. The second-order valence-corrected chi connectivity index (χ2v) is 4.88. The molecular weight excluding hydrogens is 223 g/mol. The minimum Gasteiger partial charge on any atom is -0.254 e. The van der Waals surface area contributed by atoms with Gasteiger partial charge in [0, 0.05) is 4.90 Å². The van der Waals surface area contributed by atoms with Crippen LogP contribution in [0, 0.1) is 5.82 Å². The van der Waals surface area contributed by atoms with Gasteiger partial charge in [0.1, 0.15) is 5.82 Å². The minimum absolute atomic E-state index is 0.348. The maximum atomic E-state index is 12.9. The summed E-state index contributed by atoms with van der Waals surface area (Å²) in [7, 11) is -1.18. The number of benzene rings is 2. The molecule has 0 spiro atoms. The van der Waals surface area contributed by atoms with Gasteiger partial charge in [-0.25, -0.2) is 4.39 Å². The summed E-state index contributed by atoms with van der Waals surface area (Å²) in [6, 6.07) is 15.5. The van der Waals surface area contributed by atoms with E-state index in [0.717, 1.165) is 5.56 Å². The zero-order chi connectivity index (χ0) is 11.4. The monoisotopic (exact) mass is 234 g/mol. The Labute approximate surface area is 96.4 Å². The lowest BCUT2D eigenvalue weighted by Gasteiger charge is -2.02. The first-order valence-electron chi connectivity index (χ1n) is 4.93. The van der Waals surface area contributed by atoms with Gasteiger partial charge in [-0.1, -0.05) is 36.4 Å². The molecule has 0 aromatic heterocycles. The fraction of sp³-hybridized carbons (Fsp3) is 0.0769. The van der Waals surface area contributed by atoms with Gasteiger partial charge in [-0.05, 0) is 23.8 Å². The van der Waals surface area contributed by atoms with Crippen molar-refractivity contribution in [3.05, 3.63) is 66.0 Å². The van der Waals surface area contributed by atoms with Crippen molar-refractivity contribution in [1.82, 2.24) is 0 Å². The fourth-order valence-corrected chi connectivity index (χ4v) is 2.55. The molecule has 0 aliphatic heterocycles. The molecule has 82 valence electrons. The summed E-state index contributed by atoms with van der Waals surface area (Å²) in [4.78, 5) is 0.531. The van der Waals surface area contributed by atoms with Gasteiger partial charge < -0.3 is 0 Å². The van der Waals surface area contributed by atoms with E-state index in [9.17, 15) is 8.60 Å². The Balaban J connectivity index is 2.15. The van der Waals surface area contributed by atoms with Crippen LogP contribution in [0.5, 0.6) is 0 Å². The highest BCUT2D eigenvalue weighted by Gasteiger charge is 2.05. The van der Waals surface area contributed by atoms with Gasteiger partial charge in [-0.3, -0.25) is 4.21 Å². The van der Waals surface area contributed by atoms with Gasteiger partial charge >= 0.3 is 0 Å². The van der Waals surface area contributed by atoms with Crippen LogP contribution in [-0.2, 0) is 16.6 Å². The molecule has 2 rings (SSSR count). The molecule has 3 heteroatoms. The smallest absolute Gasteiger partial charge is 0.124 e. The summed E-state index contributed by atoms with van der Waals surface area (Å²) in [5.41, 5.74) is 0.991. The van der Waals surface area contributed by atoms with E-state index in [-0.39, 0.29) is 5.82 Å². The Hall–Kier alpha value is -1.48. The Morgan fingerprint density at radius 1 is 1.00 bits per heavy atom. The molecule has 0 saturated carbocycles. The zero-order valence-corrected chi connectivity index (χ0v) is 9.41. The first-order chi connectivity index (χ1) is 7.75. The normalized spacial score (nSPS) is 12.3. The van der Waals surface area contributed by atoms with Gasteiger partial charge in [0.05, 0.1) is 16.6 Å². The van der Waals surface area contributed by atoms with E-state index in [1.165, 1.54) is 12.1 Å². The molecule has 2 aromatic rings. The third-order valence-electron chi connectivity index (χ3n) is 2.20. The van der Waals surface area contributed by atoms with E-state index in [4.69, 9.17) is 0 Å². The molecule has 0 N–H and O–H groups in total. The van der Waals surface area contributed by atoms with Crippen LogP contribution in [0.3, 0.4) is 0 Å². The predicted molar refractivity (Wildman–Crippen MR) is 63.0 cm³/mol. The molecule has 0 saturated heterocycles. The molecule has 0 fully saturated rings. The van der Waals surface area contributed by atoms with Crippen molar-refractivity contribution in [2.24, 2.45) is 0 Å². The van der Waals surface area contributed by atoms with Gasteiger partial charge in [0.15, 0.2) is 0 Å². The van der Waals surface area contributed by atoms with E-state index < -0.39 is 10.8 Å². The zero-order valence-electron chi connectivity index (χ0n) is 8.60. The van der Waals surface area contributed by atoms with Gasteiger partial charge in [-0.2, -0.15) is 0 Å². The molecule has 0 amide bonds. The molecule has 2 aromatic carbocycles. The van der Waals surface area contributed by atoms with Crippen molar-refractivity contribution in [2.75, 3.05) is 0 Å². The lowest BCUT2D eigenvalue weighted by Crippen LogP contribution is -1.96. The minimum atomic E-state index is -1.18. The molecule has 0 bridgehead atoms. The van der Waals surface area contributed by atoms with Crippen LogP contribution < -0.4 is 0 Å². The van der Waals surface area contributed by atoms with Gasteiger partial charge in [-0.15, -0.1) is 0 Å². The van der Waals surface area contributed by atoms with Crippen molar-refractivity contribution >= 4 is 10.8 Å². The molecule has 0 heterocycles. The van der Waals surface area contributed by atoms with Crippen molar-refractivity contribution in [3.8, 4) is 0 Å². The number of hydrogen-bond acceptors (Lipinski definition) is 1. The summed E-state index contributed by atoms with van der Waals surface area (Å²) in [5, 5.41) is 0. The molecular formula is C13H11FOS. The second kappa shape index (κ2) is 5.03. The van der Waals surface area contributed by atoms with Gasteiger partial charge in [0.25, 0.3) is 0 Å². The maximum Gasteiger partial charge on any atom is 0.124 e. The molecule has 0 aliphatic carbocycles. The van der Waals surface area contributed by atoms with E-state index in [2.05, 4.69) is 0 Å². The van der Waals surface area contributed by atoms with Crippen molar-refractivity contribution < 1.29 is 8.60 Å². The maximum absolute atomic E-state index is 12.9. The Bertz CT molecular complexity index is 496. The van der Waals surface area contributed by atoms with Crippen LogP contribution in [0.1, 0.15) is 5.56 Å². The van der Waals surface area contributed by atoms with Crippen LogP contribution in [0.2, 0.25) is 0 Å². The number of hydrogen-bond donors (Lipinski definition) is 0. The van der Waals surface area contributed by atoms with Crippen molar-refractivity contribution in [2.45, 2.75) is 10.6 Å². The molecule has 16 heavy (non-hydrogen) atoms. The quantitative estimate of drug-likeness (QED) is 0.797. The van der Waals surface area contributed by atoms with E-state index in [1.54, 1.807) is 12.1 Å². The van der Waals surface area contributed by atoms with Crippen LogP contribution in [0.4, 0.5) is 4.39 Å². The van der Waals surface area contributed by atoms with Crippen LogP contribution >= 0.6 is 0 Å². The molecule has 1 atom stereocenters. The predicted octanol–water partition coefficient (Wildman–Crippen LogP) is 3.13. The molecule has 1 nitrogen and oxygen atoms in total. The Morgan fingerprint density at radius 3 is 2.44 bits per heavy atom. The summed E-state index contributed by atoms with van der Waals surface area (Å²) >= 11 is 0. The first-order valence-corrected chi connectivity index (χ1v) is 6.25. The van der Waals surface area contributed by atoms with Crippen LogP contribution in [-0.4, -0.2) is 4.21 Å². The summed E-state index contributed by atoms with van der Waals surface area (Å²) in [5.74, 6) is 0.0727. The van der Waals surface area contributed by atoms with Crippen molar-refractivity contribution in [1.29, 1.82) is 0 Å². The highest BCUT2D eigenvalue weighted by molar-refractivity contribution is 7.84. The van der Waals surface area contributed by atoms with Crippen molar-refractivity contribution in [3.63, 3.8) is 0 Å². The van der Waals surface area contributed by atoms with E-state index in [1.807, 2.05) is 30.3 Å². The summed E-state index contributed by atoms with van der Waals surface area (Å²) in [6.45, 7) is 0. The lowest BCUT2D eigenvalue weighted by molar-refractivity contribution is 0.622. The average Bonchev–Trinajstić information content (AvgIpc) is 2.30. The van der Waals surface area contributed by atoms with Gasteiger partial charge in [0.2, 0.25) is 0 Å². The third kappa shape index (κ3) is 2.76. The number of rotatable bonds is 3. The van der Waals surface area contributed by atoms with Crippen LogP contribution in [0.25, 0.3) is 0 Å². The lowest BCUT2D eigenvalue weighted by atomic mass is 10.2. The summed E-state index contributed by atoms with van der Waals surface area (Å²) in [6.07, 6.45) is 0. The Morgan fingerprint density at radius 2 is 1.75 bits per heavy atom. The topological polar surface area (TPSA) is 17.1 Å². The average molecular weight is 234 g/mol. The Kier molecular flexibility index (Phi) is 3.47. The van der Waals surface area contributed by atoms with E-state index in [0.29, 0.717) is 10.6 Å². The third-order valence-corrected chi connectivity index (χ3v) is 3.57.